The summed E-state index contributed by atoms with van der Waals surface area (Å²) in [7, 11) is -3.58. The molecule has 1 atom stereocenters. The summed E-state index contributed by atoms with van der Waals surface area (Å²) in [5.74, 6) is -0.342. The Balaban J connectivity index is 1.59. The first-order chi connectivity index (χ1) is 13.3. The molecule has 150 valence electrons. The number of nitrogens with zero attached hydrogens (tertiary/aromatic N) is 2. The van der Waals surface area contributed by atoms with Crippen LogP contribution in [0.4, 0.5) is 0 Å². The number of amides is 1. The van der Waals surface area contributed by atoms with Gasteiger partial charge in [0, 0.05) is 41.4 Å². The number of sulfonamides is 1. The number of piperidine rings is 1. The van der Waals surface area contributed by atoms with E-state index in [-0.39, 0.29) is 22.8 Å². The molecule has 1 unspecified atom stereocenters. The van der Waals surface area contributed by atoms with E-state index in [1.807, 2.05) is 6.92 Å². The van der Waals surface area contributed by atoms with Crippen LogP contribution in [-0.4, -0.2) is 36.7 Å². The van der Waals surface area contributed by atoms with Gasteiger partial charge >= 0.3 is 0 Å². The second-order valence-electron chi connectivity index (χ2n) is 6.76. The first-order valence-electron chi connectivity index (χ1n) is 8.94. The molecule has 2 aromatic rings. The van der Waals surface area contributed by atoms with E-state index in [9.17, 15) is 13.2 Å². The molecule has 1 fully saturated rings. The summed E-state index contributed by atoms with van der Waals surface area (Å²) < 4.78 is 26.7. The van der Waals surface area contributed by atoms with E-state index >= 15 is 0 Å². The topological polar surface area (TPSA) is 79.4 Å². The van der Waals surface area contributed by atoms with Crippen molar-refractivity contribution >= 4 is 39.1 Å². The average molecular weight is 442 g/mol. The van der Waals surface area contributed by atoms with Gasteiger partial charge in [0.25, 0.3) is 0 Å². The van der Waals surface area contributed by atoms with Gasteiger partial charge in [0.2, 0.25) is 15.9 Å². The van der Waals surface area contributed by atoms with Crippen molar-refractivity contribution in [3.05, 3.63) is 58.3 Å². The third kappa shape index (κ3) is 4.66. The quantitative estimate of drug-likeness (QED) is 0.767. The Morgan fingerprint density at radius 2 is 1.96 bits per heavy atom. The Kier molecular flexibility index (Phi) is 6.60. The molecule has 1 N–H and O–H groups in total. The van der Waals surface area contributed by atoms with Crippen molar-refractivity contribution < 1.29 is 13.2 Å². The van der Waals surface area contributed by atoms with E-state index in [0.717, 1.165) is 5.56 Å². The Labute approximate surface area is 174 Å². The van der Waals surface area contributed by atoms with E-state index in [4.69, 9.17) is 23.2 Å². The molecule has 1 aromatic heterocycles. The normalized spacial score (nSPS) is 17.2. The van der Waals surface area contributed by atoms with Gasteiger partial charge in [0.1, 0.15) is 4.90 Å². The molecule has 1 saturated heterocycles. The summed E-state index contributed by atoms with van der Waals surface area (Å²) in [6.07, 6.45) is 3.80. The molecule has 0 saturated carbocycles. The molecule has 1 aromatic carbocycles. The van der Waals surface area contributed by atoms with Crippen LogP contribution in [0.2, 0.25) is 10.0 Å². The molecule has 0 bridgehead atoms. The lowest BCUT2D eigenvalue weighted by Gasteiger charge is -2.31. The minimum Gasteiger partial charge on any atom is -0.349 e. The Morgan fingerprint density at radius 1 is 1.25 bits per heavy atom. The van der Waals surface area contributed by atoms with Crippen LogP contribution in [0, 0.1) is 5.92 Å². The van der Waals surface area contributed by atoms with Crippen molar-refractivity contribution in [1.29, 1.82) is 0 Å². The zero-order valence-electron chi connectivity index (χ0n) is 15.3. The van der Waals surface area contributed by atoms with Gasteiger partial charge in [-0.1, -0.05) is 29.3 Å². The largest absolute Gasteiger partial charge is 0.349 e. The zero-order valence-corrected chi connectivity index (χ0v) is 17.6. The summed E-state index contributed by atoms with van der Waals surface area (Å²) >= 11 is 12.1. The van der Waals surface area contributed by atoms with Gasteiger partial charge in [-0.25, -0.2) is 8.42 Å². The van der Waals surface area contributed by atoms with Crippen LogP contribution in [0.5, 0.6) is 0 Å². The molecule has 2 heterocycles. The maximum atomic E-state index is 12.7. The second-order valence-corrected chi connectivity index (χ2v) is 9.54. The number of carbonyl (C=O) groups is 1. The summed E-state index contributed by atoms with van der Waals surface area (Å²) in [5.41, 5.74) is 0.788. The molecular formula is C19H21Cl2N3O3S. The summed E-state index contributed by atoms with van der Waals surface area (Å²) in [4.78, 5) is 16.7. The molecule has 1 aliphatic heterocycles. The SMILES string of the molecule is CC(NC(=O)C1CCN(S(=O)(=O)c2cccnc2)CC1)c1ccc(Cl)cc1Cl. The average Bonchev–Trinajstić information content (AvgIpc) is 2.68. The van der Waals surface area contributed by atoms with Gasteiger partial charge in [0.15, 0.2) is 0 Å². The minimum absolute atomic E-state index is 0.100. The smallest absolute Gasteiger partial charge is 0.244 e. The molecule has 1 amide bonds. The fraction of sp³-hybridized carbons (Fsp3) is 0.368. The molecule has 3 rings (SSSR count). The number of hydrogen-bond acceptors (Lipinski definition) is 4. The van der Waals surface area contributed by atoms with Crippen LogP contribution in [-0.2, 0) is 14.8 Å². The summed E-state index contributed by atoms with van der Waals surface area (Å²) in [6, 6.07) is 8.01. The first-order valence-corrected chi connectivity index (χ1v) is 11.1. The van der Waals surface area contributed by atoms with Gasteiger partial charge < -0.3 is 5.32 Å². The fourth-order valence-corrected chi connectivity index (χ4v) is 5.28. The predicted molar refractivity (Wildman–Crippen MR) is 109 cm³/mol. The van der Waals surface area contributed by atoms with Crippen LogP contribution in [0.3, 0.4) is 0 Å². The number of benzene rings is 1. The fourth-order valence-electron chi connectivity index (χ4n) is 3.27. The molecule has 6 nitrogen and oxygen atoms in total. The molecule has 0 spiro atoms. The third-order valence-corrected chi connectivity index (χ3v) is 7.33. The van der Waals surface area contributed by atoms with Crippen LogP contribution in [0.15, 0.2) is 47.6 Å². The molecular weight excluding hydrogens is 421 g/mol. The summed E-state index contributed by atoms with van der Waals surface area (Å²) in [6.45, 7) is 2.45. The van der Waals surface area contributed by atoms with Gasteiger partial charge in [-0.15, -0.1) is 0 Å². The number of carbonyl (C=O) groups excluding carboxylic acids is 1. The number of nitrogens with one attached hydrogen (secondary N) is 1. The molecule has 9 heteroatoms. The molecule has 0 aliphatic carbocycles. The maximum Gasteiger partial charge on any atom is 0.244 e. The zero-order chi connectivity index (χ0) is 20.3. The monoisotopic (exact) mass is 441 g/mol. The van der Waals surface area contributed by atoms with Crippen LogP contribution in [0.1, 0.15) is 31.4 Å². The number of halogens is 2. The van der Waals surface area contributed by atoms with Crippen molar-refractivity contribution in [2.24, 2.45) is 5.92 Å². The van der Waals surface area contributed by atoms with Gasteiger partial charge in [-0.05, 0) is 49.6 Å². The van der Waals surface area contributed by atoms with Crippen LogP contribution in [0.25, 0.3) is 0 Å². The van der Waals surface area contributed by atoms with E-state index in [1.54, 1.807) is 24.3 Å². The highest BCUT2D eigenvalue weighted by molar-refractivity contribution is 7.89. The second kappa shape index (κ2) is 8.78. The molecule has 0 radical (unpaired) electrons. The van der Waals surface area contributed by atoms with Gasteiger partial charge in [0.05, 0.1) is 6.04 Å². The number of aromatic nitrogens is 1. The summed E-state index contributed by atoms with van der Waals surface area (Å²) in [5, 5.41) is 4.00. The Hall–Kier alpha value is -1.67. The highest BCUT2D eigenvalue weighted by atomic mass is 35.5. The predicted octanol–water partition coefficient (Wildman–Crippen LogP) is 3.67. The van der Waals surface area contributed by atoms with E-state index in [2.05, 4.69) is 10.3 Å². The third-order valence-electron chi connectivity index (χ3n) is 4.88. The van der Waals surface area contributed by atoms with Crippen LogP contribution < -0.4 is 5.32 Å². The van der Waals surface area contributed by atoms with E-state index in [1.165, 1.54) is 22.8 Å². The highest BCUT2D eigenvalue weighted by Gasteiger charge is 2.32. The lowest BCUT2D eigenvalue weighted by molar-refractivity contribution is -0.126. The van der Waals surface area contributed by atoms with Crippen molar-refractivity contribution in [1.82, 2.24) is 14.6 Å². The molecule has 1 aliphatic rings. The van der Waals surface area contributed by atoms with Gasteiger partial charge in [-0.3, -0.25) is 9.78 Å². The Bertz CT molecular complexity index is 946. The lowest BCUT2D eigenvalue weighted by Crippen LogP contribution is -2.43. The van der Waals surface area contributed by atoms with E-state index in [0.29, 0.717) is 36.0 Å². The van der Waals surface area contributed by atoms with Crippen LogP contribution >= 0.6 is 23.2 Å². The maximum absolute atomic E-state index is 12.7. The number of rotatable bonds is 5. The van der Waals surface area contributed by atoms with E-state index < -0.39 is 10.0 Å². The van der Waals surface area contributed by atoms with Crippen molar-refractivity contribution in [3.63, 3.8) is 0 Å². The molecule has 28 heavy (non-hydrogen) atoms. The first kappa shape index (κ1) is 21.0. The van der Waals surface area contributed by atoms with Crippen molar-refractivity contribution in [2.75, 3.05) is 13.1 Å². The van der Waals surface area contributed by atoms with Crippen molar-refractivity contribution in [3.8, 4) is 0 Å². The lowest BCUT2D eigenvalue weighted by atomic mass is 9.96. The standard InChI is InChI=1S/C19H21Cl2N3O3S/c1-13(17-5-4-15(20)11-18(17)21)23-19(25)14-6-9-24(10-7-14)28(26,27)16-3-2-8-22-12-16/h2-5,8,11-14H,6-7,9-10H2,1H3,(H,23,25). The van der Waals surface area contributed by atoms with Gasteiger partial charge in [-0.2, -0.15) is 4.31 Å². The number of pyridine rings is 1. The van der Waals surface area contributed by atoms with Crippen molar-refractivity contribution in [2.45, 2.75) is 30.7 Å². The Morgan fingerprint density at radius 3 is 2.57 bits per heavy atom. The minimum atomic E-state index is -3.58. The number of hydrogen-bond donors (Lipinski definition) is 1. The highest BCUT2D eigenvalue weighted by Crippen LogP contribution is 2.28.